The molecule has 0 aromatic carbocycles. The number of unbranched alkanes of at least 4 members (excludes halogenated alkanes) is 10. The van der Waals surface area contributed by atoms with Crippen LogP contribution in [0.5, 0.6) is 0 Å². The molecule has 2 aliphatic heterocycles. The van der Waals surface area contributed by atoms with Crippen molar-refractivity contribution in [1.29, 1.82) is 0 Å². The minimum atomic E-state index is -1.72. The van der Waals surface area contributed by atoms with Crippen molar-refractivity contribution in [2.24, 2.45) is 0 Å². The van der Waals surface area contributed by atoms with Gasteiger partial charge < -0.3 is 64.2 Å². The predicted molar refractivity (Wildman–Crippen MR) is 247 cm³/mol. The van der Waals surface area contributed by atoms with Crippen molar-refractivity contribution in [2.45, 2.75) is 203 Å². The summed E-state index contributed by atoms with van der Waals surface area (Å²) in [7, 11) is 0. The summed E-state index contributed by atoms with van der Waals surface area (Å²) in [6, 6.07) is 0. The normalized spacial score (nSPS) is 27.4. The SMILES string of the molecule is CC/C=C\C/C=C\C/C=C\C/C=C\C/C=C\C/C=C\CCC(=O)OC(COCCCCCCCCCCCCC)COC1OC(COC2OC(CO)C(O)C(O)C2O)C(O)C(O)C1O. The van der Waals surface area contributed by atoms with Crippen molar-refractivity contribution in [1.82, 2.24) is 0 Å². The highest BCUT2D eigenvalue weighted by atomic mass is 16.7. The van der Waals surface area contributed by atoms with Gasteiger partial charge in [0.1, 0.15) is 54.9 Å². The van der Waals surface area contributed by atoms with Crippen LogP contribution in [0.25, 0.3) is 0 Å². The summed E-state index contributed by atoms with van der Waals surface area (Å²) >= 11 is 0. The van der Waals surface area contributed by atoms with Crippen LogP contribution in [0.1, 0.15) is 136 Å². The molecule has 0 aromatic heterocycles. The standard InChI is InChI=1S/C50H84O14/c1-3-5-7-9-11-13-15-16-17-18-19-20-21-22-23-25-27-29-31-33-42(52)62-39(36-59-34-32-30-28-26-24-14-12-10-8-6-4-2)37-60-49-48(58)46(56)44(54)41(64-49)38-61-50-47(57)45(55)43(53)40(35-51)63-50/h5,7,11,13,16-17,19-20,22-23,27,29,39-41,43-51,53-58H,3-4,6,8-10,12,14-15,18,21,24-26,28,30-38H2,1-2H3/b7-5-,13-11-,17-16-,20-19-,23-22-,29-27-. The highest BCUT2D eigenvalue weighted by molar-refractivity contribution is 5.69. The number of aliphatic hydroxyl groups is 7. The molecular formula is C50H84O14. The first-order valence-electron chi connectivity index (χ1n) is 24.0. The summed E-state index contributed by atoms with van der Waals surface area (Å²) in [5.41, 5.74) is 0. The molecule has 368 valence electrons. The highest BCUT2D eigenvalue weighted by Crippen LogP contribution is 2.26. The van der Waals surface area contributed by atoms with Gasteiger partial charge in [-0.05, 0) is 51.4 Å². The Balaban J connectivity index is 1.83. The van der Waals surface area contributed by atoms with Crippen LogP contribution in [0.4, 0.5) is 0 Å². The number of rotatable bonds is 36. The fourth-order valence-corrected chi connectivity index (χ4v) is 7.07. The molecule has 7 N–H and O–H groups in total. The summed E-state index contributed by atoms with van der Waals surface area (Å²) in [5, 5.41) is 72.0. The fraction of sp³-hybridized carbons (Fsp3) is 0.740. The Hall–Kier alpha value is -2.57. The van der Waals surface area contributed by atoms with E-state index in [-0.39, 0.29) is 19.6 Å². The minimum absolute atomic E-state index is 0.0288. The average Bonchev–Trinajstić information content (AvgIpc) is 3.29. The summed E-state index contributed by atoms with van der Waals surface area (Å²) in [6.07, 6.45) is 28.4. The number of hydrogen-bond acceptors (Lipinski definition) is 14. The van der Waals surface area contributed by atoms with Crippen LogP contribution in [-0.2, 0) is 33.2 Å². The van der Waals surface area contributed by atoms with E-state index in [1.807, 2.05) is 12.2 Å². The molecule has 2 aliphatic rings. The molecule has 2 fully saturated rings. The Morgan fingerprint density at radius 3 is 1.50 bits per heavy atom. The number of aliphatic hydroxyl groups excluding tert-OH is 7. The summed E-state index contributed by atoms with van der Waals surface area (Å²) < 4.78 is 34.1. The lowest BCUT2D eigenvalue weighted by Crippen LogP contribution is -2.61. The molecule has 2 rings (SSSR count). The number of hydrogen-bond donors (Lipinski definition) is 7. The van der Waals surface area contributed by atoms with Crippen LogP contribution in [0, 0.1) is 0 Å². The number of allylic oxidation sites excluding steroid dienone is 12. The molecule has 11 atom stereocenters. The highest BCUT2D eigenvalue weighted by Gasteiger charge is 2.47. The fourth-order valence-electron chi connectivity index (χ4n) is 7.07. The molecule has 2 heterocycles. The molecule has 0 aliphatic carbocycles. The van der Waals surface area contributed by atoms with Crippen molar-refractivity contribution in [3.8, 4) is 0 Å². The van der Waals surface area contributed by atoms with Crippen molar-refractivity contribution in [2.75, 3.05) is 33.0 Å². The molecule has 64 heavy (non-hydrogen) atoms. The third-order valence-electron chi connectivity index (χ3n) is 11.0. The Labute approximate surface area is 383 Å². The van der Waals surface area contributed by atoms with Crippen LogP contribution in [-0.4, -0.2) is 142 Å². The molecule has 2 saturated heterocycles. The van der Waals surface area contributed by atoms with E-state index in [1.165, 1.54) is 51.4 Å². The van der Waals surface area contributed by atoms with Gasteiger partial charge in [-0.1, -0.05) is 151 Å². The van der Waals surface area contributed by atoms with Gasteiger partial charge >= 0.3 is 5.97 Å². The molecule has 14 nitrogen and oxygen atoms in total. The molecule has 0 aromatic rings. The largest absolute Gasteiger partial charge is 0.457 e. The zero-order valence-corrected chi connectivity index (χ0v) is 38.7. The van der Waals surface area contributed by atoms with Gasteiger partial charge in [0.15, 0.2) is 12.6 Å². The van der Waals surface area contributed by atoms with Crippen LogP contribution in [0.15, 0.2) is 72.9 Å². The third kappa shape index (κ3) is 25.4. The van der Waals surface area contributed by atoms with Crippen molar-refractivity contribution >= 4 is 5.97 Å². The van der Waals surface area contributed by atoms with E-state index in [0.717, 1.165) is 57.8 Å². The van der Waals surface area contributed by atoms with Gasteiger partial charge in [0.05, 0.1) is 26.4 Å². The van der Waals surface area contributed by atoms with Gasteiger partial charge in [-0.3, -0.25) is 4.79 Å². The first-order valence-corrected chi connectivity index (χ1v) is 24.0. The monoisotopic (exact) mass is 909 g/mol. The van der Waals surface area contributed by atoms with Gasteiger partial charge in [0.2, 0.25) is 0 Å². The number of carbonyl (C=O) groups is 1. The first-order chi connectivity index (χ1) is 31.1. The minimum Gasteiger partial charge on any atom is -0.457 e. The Morgan fingerprint density at radius 2 is 0.984 bits per heavy atom. The van der Waals surface area contributed by atoms with Gasteiger partial charge in [-0.15, -0.1) is 0 Å². The Kier molecular flexibility index (Phi) is 33.7. The summed E-state index contributed by atoms with van der Waals surface area (Å²) in [4.78, 5) is 12.9. The summed E-state index contributed by atoms with van der Waals surface area (Å²) in [6.45, 7) is 3.44. The first kappa shape index (κ1) is 57.6. The van der Waals surface area contributed by atoms with E-state index in [0.29, 0.717) is 13.0 Å². The molecule has 0 radical (unpaired) electrons. The maximum atomic E-state index is 12.9. The Morgan fingerprint density at radius 1 is 0.531 bits per heavy atom. The molecular weight excluding hydrogens is 825 g/mol. The zero-order valence-electron chi connectivity index (χ0n) is 38.7. The zero-order chi connectivity index (χ0) is 46.6. The topological polar surface area (TPSA) is 214 Å². The Bertz CT molecular complexity index is 1330. The van der Waals surface area contributed by atoms with E-state index >= 15 is 0 Å². The maximum absolute atomic E-state index is 12.9. The smallest absolute Gasteiger partial charge is 0.306 e. The molecule has 14 heteroatoms. The number of carbonyl (C=O) groups excluding carboxylic acids is 1. The molecule has 11 unspecified atom stereocenters. The second kappa shape index (κ2) is 37.5. The molecule has 0 saturated carbocycles. The second-order valence-electron chi connectivity index (χ2n) is 16.6. The predicted octanol–water partition coefficient (Wildman–Crippen LogP) is 6.34. The lowest BCUT2D eigenvalue weighted by atomic mass is 9.98. The van der Waals surface area contributed by atoms with Crippen LogP contribution in [0.3, 0.4) is 0 Å². The van der Waals surface area contributed by atoms with Gasteiger partial charge in [0, 0.05) is 13.0 Å². The van der Waals surface area contributed by atoms with Gasteiger partial charge in [-0.2, -0.15) is 0 Å². The number of esters is 1. The summed E-state index contributed by atoms with van der Waals surface area (Å²) in [5.74, 6) is -0.460. The van der Waals surface area contributed by atoms with Gasteiger partial charge in [0.25, 0.3) is 0 Å². The number of ether oxygens (including phenoxy) is 6. The van der Waals surface area contributed by atoms with Crippen LogP contribution >= 0.6 is 0 Å². The quantitative estimate of drug-likeness (QED) is 0.0208. The van der Waals surface area contributed by atoms with Crippen molar-refractivity contribution in [3.63, 3.8) is 0 Å². The lowest BCUT2D eigenvalue weighted by Gasteiger charge is -2.42. The van der Waals surface area contributed by atoms with Crippen LogP contribution < -0.4 is 0 Å². The van der Waals surface area contributed by atoms with E-state index in [9.17, 15) is 40.5 Å². The van der Waals surface area contributed by atoms with Crippen LogP contribution in [0.2, 0.25) is 0 Å². The lowest BCUT2D eigenvalue weighted by molar-refractivity contribution is -0.332. The third-order valence-corrected chi connectivity index (χ3v) is 11.0. The second-order valence-corrected chi connectivity index (χ2v) is 16.6. The maximum Gasteiger partial charge on any atom is 0.306 e. The van der Waals surface area contributed by atoms with E-state index < -0.39 is 86.7 Å². The van der Waals surface area contributed by atoms with Crippen molar-refractivity contribution < 1.29 is 69.0 Å². The van der Waals surface area contributed by atoms with E-state index in [2.05, 4.69) is 74.6 Å². The van der Waals surface area contributed by atoms with E-state index in [1.54, 1.807) is 0 Å². The van der Waals surface area contributed by atoms with Gasteiger partial charge in [-0.25, -0.2) is 0 Å². The average molecular weight is 909 g/mol. The molecule has 0 amide bonds. The molecule has 0 bridgehead atoms. The van der Waals surface area contributed by atoms with E-state index in [4.69, 9.17) is 28.4 Å². The van der Waals surface area contributed by atoms with Crippen molar-refractivity contribution in [3.05, 3.63) is 72.9 Å². The molecule has 0 spiro atoms.